The zero-order valence-corrected chi connectivity index (χ0v) is 31.0. The summed E-state index contributed by atoms with van der Waals surface area (Å²) in [5, 5.41) is 2.26. The number of benzene rings is 8. The average molecular weight is 728 g/mol. The molecule has 0 bridgehead atoms. The Morgan fingerprint density at radius 3 is 1.84 bits per heavy atom. The molecule has 0 radical (unpaired) electrons. The zero-order chi connectivity index (χ0) is 37.5. The van der Waals surface area contributed by atoms with Crippen molar-refractivity contribution in [1.29, 1.82) is 0 Å². The maximum atomic E-state index is 6.68. The van der Waals surface area contributed by atoms with Gasteiger partial charge in [-0.05, 0) is 74.3 Å². The number of anilines is 2. The summed E-state index contributed by atoms with van der Waals surface area (Å²) in [5.41, 5.74) is 19.5. The van der Waals surface area contributed by atoms with Crippen molar-refractivity contribution in [2.24, 2.45) is 0 Å². The lowest BCUT2D eigenvalue weighted by Crippen LogP contribution is -2.44. The van der Waals surface area contributed by atoms with E-state index in [2.05, 4.69) is 210 Å². The van der Waals surface area contributed by atoms with Crippen LogP contribution in [0.5, 0.6) is 0 Å². The molecule has 3 heteroatoms. The van der Waals surface area contributed by atoms with Crippen LogP contribution in [0.1, 0.15) is 0 Å². The van der Waals surface area contributed by atoms with Gasteiger partial charge in [0.1, 0.15) is 22.9 Å². The summed E-state index contributed by atoms with van der Waals surface area (Å²) in [4.78, 5) is 2.51. The molecule has 1 aromatic heterocycles. The number of rotatable bonds is 3. The molecule has 3 nitrogen and oxygen atoms in total. The summed E-state index contributed by atoms with van der Waals surface area (Å²) in [7, 11) is 0. The van der Waals surface area contributed by atoms with E-state index in [-0.39, 0.29) is 6.04 Å². The number of hydrogen-bond acceptors (Lipinski definition) is 2. The van der Waals surface area contributed by atoms with Crippen molar-refractivity contribution in [2.45, 2.75) is 6.04 Å². The van der Waals surface area contributed by atoms with Gasteiger partial charge in [0.25, 0.3) is 0 Å². The van der Waals surface area contributed by atoms with Crippen molar-refractivity contribution in [3.05, 3.63) is 206 Å². The monoisotopic (exact) mass is 727 g/mol. The van der Waals surface area contributed by atoms with E-state index in [0.29, 0.717) is 0 Å². The highest BCUT2D eigenvalue weighted by atomic mass is 16.3. The highest BCUT2D eigenvalue weighted by Gasteiger charge is 2.41. The molecule has 0 spiro atoms. The number of hydrogen-bond donors (Lipinski definition) is 0. The van der Waals surface area contributed by atoms with E-state index >= 15 is 0 Å². The number of allylic oxidation sites excluding steroid dienone is 2. The smallest absolute Gasteiger partial charge is 0.235 e. The first-order valence-corrected chi connectivity index (χ1v) is 19.6. The second kappa shape index (κ2) is 12.5. The molecule has 0 amide bonds. The molecule has 9 aromatic rings. The van der Waals surface area contributed by atoms with Crippen LogP contribution in [0.2, 0.25) is 0 Å². The second-order valence-corrected chi connectivity index (χ2v) is 15.0. The molecule has 1 aliphatic heterocycles. The first-order chi connectivity index (χ1) is 28.3. The van der Waals surface area contributed by atoms with Crippen LogP contribution in [0.4, 0.5) is 22.7 Å². The minimum atomic E-state index is -0.00382. The second-order valence-electron chi connectivity index (χ2n) is 15.0. The van der Waals surface area contributed by atoms with E-state index in [4.69, 9.17) is 4.42 Å². The Kier molecular flexibility index (Phi) is 6.99. The van der Waals surface area contributed by atoms with Gasteiger partial charge in [-0.15, -0.1) is 0 Å². The molecular weight excluding hydrogens is 693 g/mol. The lowest BCUT2D eigenvalue weighted by Gasteiger charge is -2.36. The predicted octanol–water partition coefficient (Wildman–Crippen LogP) is 14.2. The van der Waals surface area contributed by atoms with Gasteiger partial charge in [0.15, 0.2) is 0 Å². The normalized spacial score (nSPS) is 14.9. The zero-order valence-electron chi connectivity index (χ0n) is 31.0. The Bertz CT molecular complexity index is 3180. The summed E-state index contributed by atoms with van der Waals surface area (Å²) < 4.78 is 9.15. The van der Waals surface area contributed by atoms with Crippen molar-refractivity contribution in [1.82, 2.24) is 4.58 Å². The van der Waals surface area contributed by atoms with Gasteiger partial charge in [-0.1, -0.05) is 158 Å². The molecule has 0 N–H and O–H groups in total. The van der Waals surface area contributed by atoms with Crippen LogP contribution in [0.25, 0.3) is 77.6 Å². The van der Waals surface area contributed by atoms with Gasteiger partial charge in [0.05, 0.1) is 0 Å². The molecule has 1 unspecified atom stereocenters. The van der Waals surface area contributed by atoms with Crippen LogP contribution in [0, 0.1) is 0 Å². The highest BCUT2D eigenvalue weighted by molar-refractivity contribution is 6.16. The maximum absolute atomic E-state index is 6.68. The molecule has 1 atom stereocenters. The first kappa shape index (κ1) is 31.8. The van der Waals surface area contributed by atoms with Gasteiger partial charge in [-0.2, -0.15) is 4.58 Å². The van der Waals surface area contributed by atoms with Crippen molar-refractivity contribution in [3.8, 4) is 55.6 Å². The van der Waals surface area contributed by atoms with Gasteiger partial charge in [0, 0.05) is 46.3 Å². The topological polar surface area (TPSA) is 19.4 Å². The van der Waals surface area contributed by atoms with Crippen molar-refractivity contribution < 1.29 is 4.42 Å². The minimum Gasteiger partial charge on any atom is -0.455 e. The lowest BCUT2D eigenvalue weighted by atomic mass is 9.78. The highest BCUT2D eigenvalue weighted by Crippen LogP contribution is 2.55. The third-order valence-corrected chi connectivity index (χ3v) is 11.9. The molecule has 266 valence electrons. The molecule has 2 aliphatic carbocycles. The van der Waals surface area contributed by atoms with Crippen LogP contribution in [-0.4, -0.2) is 11.8 Å². The molecule has 57 heavy (non-hydrogen) atoms. The van der Waals surface area contributed by atoms with Crippen molar-refractivity contribution >= 4 is 50.4 Å². The molecule has 12 rings (SSSR count). The van der Waals surface area contributed by atoms with Crippen LogP contribution in [-0.2, 0) is 0 Å². The largest absolute Gasteiger partial charge is 0.455 e. The maximum Gasteiger partial charge on any atom is 0.235 e. The number of nitrogens with zero attached hydrogens (tertiary/aromatic N) is 2. The van der Waals surface area contributed by atoms with Crippen LogP contribution >= 0.6 is 0 Å². The molecule has 2 heterocycles. The summed E-state index contributed by atoms with van der Waals surface area (Å²) in [6.45, 7) is 0. The van der Waals surface area contributed by atoms with Gasteiger partial charge < -0.3 is 9.32 Å². The molecule has 3 aliphatic rings. The Labute approximate surface area is 331 Å². The third-order valence-electron chi connectivity index (χ3n) is 11.9. The van der Waals surface area contributed by atoms with Gasteiger partial charge in [-0.25, -0.2) is 0 Å². The third kappa shape index (κ3) is 4.76. The Morgan fingerprint density at radius 2 is 1.04 bits per heavy atom. The summed E-state index contributed by atoms with van der Waals surface area (Å²) in [6, 6.07) is 66.2. The minimum absolute atomic E-state index is 0.00382. The van der Waals surface area contributed by atoms with Crippen molar-refractivity contribution in [3.63, 3.8) is 0 Å². The Balaban J connectivity index is 1.19. The van der Waals surface area contributed by atoms with Gasteiger partial charge >= 0.3 is 0 Å². The van der Waals surface area contributed by atoms with Crippen LogP contribution in [0.15, 0.2) is 211 Å². The molecular formula is C54H35N2O+. The lowest BCUT2D eigenvalue weighted by molar-refractivity contribution is 0.670. The Morgan fingerprint density at radius 1 is 0.456 bits per heavy atom. The summed E-state index contributed by atoms with van der Waals surface area (Å²) in [5.74, 6) is 0. The van der Waals surface area contributed by atoms with Gasteiger partial charge in [-0.3, -0.25) is 0 Å². The van der Waals surface area contributed by atoms with E-state index in [9.17, 15) is 0 Å². The molecule has 0 saturated heterocycles. The summed E-state index contributed by atoms with van der Waals surface area (Å²) in [6.07, 6.45) is 8.94. The van der Waals surface area contributed by atoms with E-state index in [1.807, 2.05) is 6.07 Å². The first-order valence-electron chi connectivity index (χ1n) is 19.6. The Hall–Kier alpha value is -7.49. The number of para-hydroxylation sites is 4. The fraction of sp³-hybridized carbons (Fsp3) is 0.0185. The van der Waals surface area contributed by atoms with E-state index in [1.54, 1.807) is 0 Å². The number of furan rings is 1. The molecule has 8 aromatic carbocycles. The average Bonchev–Trinajstić information content (AvgIpc) is 3.67. The van der Waals surface area contributed by atoms with Crippen LogP contribution < -0.4 is 9.48 Å². The quantitative estimate of drug-likeness (QED) is 0.169. The van der Waals surface area contributed by atoms with E-state index in [1.165, 1.54) is 50.2 Å². The predicted molar refractivity (Wildman–Crippen MR) is 238 cm³/mol. The number of fused-ring (bicyclic) bond motifs is 13. The fourth-order valence-electron chi connectivity index (χ4n) is 9.52. The van der Waals surface area contributed by atoms with E-state index in [0.717, 1.165) is 55.8 Å². The van der Waals surface area contributed by atoms with Crippen molar-refractivity contribution in [2.75, 3.05) is 4.90 Å². The molecule has 0 fully saturated rings. The van der Waals surface area contributed by atoms with E-state index < -0.39 is 0 Å². The van der Waals surface area contributed by atoms with Crippen LogP contribution in [0.3, 0.4) is 0 Å². The fourth-order valence-corrected chi connectivity index (χ4v) is 9.52. The summed E-state index contributed by atoms with van der Waals surface area (Å²) >= 11 is 0. The van der Waals surface area contributed by atoms with Gasteiger partial charge in [0.2, 0.25) is 17.1 Å². The SMILES string of the molecule is C1=CC2=[N+](c3ccccc3)c3cc4c(cc3N(c3ccccc3)C2C=C1)-c1ccccc1-c1c(cccc1-c1cccc2c1oc1ccccc12)-c1ccccc1-4. The standard InChI is InChI=1S/C54H35N2O/c1-3-17-35(18-4-1)55-48-30-12-13-31-49(48)56(36-19-5-2-6-20-36)51-34-47-39-23-9-10-25-41(39)53-42(37-21-7-8-22-38(37)46(47)33-50(51)55)26-15-27-43(53)45-29-16-28-44-40-24-11-14-32-52(40)57-54(44)45/h1-34,49H/q+1. The molecule has 0 saturated carbocycles.